The molecule has 4 nitrogen and oxygen atoms in total. The van der Waals surface area contributed by atoms with Gasteiger partial charge in [0.2, 0.25) is 0 Å². The van der Waals surface area contributed by atoms with E-state index in [0.717, 1.165) is 31.6 Å². The highest BCUT2D eigenvalue weighted by molar-refractivity contribution is 5.73. The Kier molecular flexibility index (Phi) is 8.33. The molecular weight excluding hydrogens is 496 g/mol. The molecule has 9 atom stereocenters. The van der Waals surface area contributed by atoms with Crippen LogP contribution in [0.2, 0.25) is 0 Å². The van der Waals surface area contributed by atoms with Gasteiger partial charge in [-0.05, 0) is 124 Å². The van der Waals surface area contributed by atoms with Crippen LogP contribution in [0.1, 0.15) is 146 Å². The molecule has 5 aliphatic rings. The van der Waals surface area contributed by atoms with Gasteiger partial charge in [-0.25, -0.2) is 0 Å². The van der Waals surface area contributed by atoms with Gasteiger partial charge >= 0.3 is 5.97 Å². The molecule has 4 heteroatoms. The predicted octanol–water partition coefficient (Wildman–Crippen LogP) is 8.63. The molecule has 40 heavy (non-hydrogen) atoms. The van der Waals surface area contributed by atoms with Gasteiger partial charge in [0.1, 0.15) is 5.60 Å². The molecule has 0 aromatic rings. The second-order valence-corrected chi connectivity index (χ2v) is 17.4. The van der Waals surface area contributed by atoms with E-state index in [1.54, 1.807) is 6.08 Å². The third-order valence-electron chi connectivity index (χ3n) is 13.6. The number of esters is 1. The van der Waals surface area contributed by atoms with E-state index < -0.39 is 11.2 Å². The number of carbonyl (C=O) groups excluding carboxylic acids is 1. The van der Waals surface area contributed by atoms with Gasteiger partial charge in [0.05, 0.1) is 17.6 Å². The van der Waals surface area contributed by atoms with Crippen LogP contribution in [0.4, 0.5) is 0 Å². The minimum absolute atomic E-state index is 0.0350. The van der Waals surface area contributed by atoms with Crippen LogP contribution in [0.25, 0.3) is 0 Å². The van der Waals surface area contributed by atoms with Gasteiger partial charge in [-0.2, -0.15) is 0 Å². The lowest BCUT2D eigenvalue weighted by atomic mass is 9.45. The van der Waals surface area contributed by atoms with Crippen LogP contribution in [0.5, 0.6) is 0 Å². The van der Waals surface area contributed by atoms with Crippen molar-refractivity contribution in [1.82, 2.24) is 0 Å². The van der Waals surface area contributed by atoms with Gasteiger partial charge < -0.3 is 14.9 Å². The number of hydrogen-bond acceptors (Lipinski definition) is 4. The van der Waals surface area contributed by atoms with Crippen molar-refractivity contribution in [2.75, 3.05) is 0 Å². The molecule has 2 N–H and O–H groups in total. The third kappa shape index (κ3) is 5.59. The fraction of sp³-hybridized carbons (Fsp3) is 0.917. The maximum atomic E-state index is 11.8. The number of rotatable bonds is 4. The Labute approximate surface area is 246 Å². The number of hydrogen-bond donors (Lipinski definition) is 2. The monoisotopic (exact) mass is 558 g/mol. The maximum absolute atomic E-state index is 11.8. The molecule has 0 radical (unpaired) electrons. The average Bonchev–Trinajstić information content (AvgIpc) is 3.13. The molecule has 1 aliphatic heterocycles. The Balaban J connectivity index is 0.000000188. The van der Waals surface area contributed by atoms with E-state index >= 15 is 0 Å². The topological polar surface area (TPSA) is 66.8 Å². The van der Waals surface area contributed by atoms with Gasteiger partial charge in [0.15, 0.2) is 0 Å². The first-order valence-electron chi connectivity index (χ1n) is 16.5. The number of carbonyl (C=O) groups is 1. The summed E-state index contributed by atoms with van der Waals surface area (Å²) in [5.41, 5.74) is -0.334. The van der Waals surface area contributed by atoms with Crippen molar-refractivity contribution in [2.45, 2.75) is 163 Å². The highest BCUT2D eigenvalue weighted by Gasteiger charge is 2.63. The summed E-state index contributed by atoms with van der Waals surface area (Å²) in [6.45, 7) is 24.3. The molecule has 0 amide bonds. The van der Waals surface area contributed by atoms with Gasteiger partial charge in [-0.1, -0.05) is 60.5 Å². The van der Waals surface area contributed by atoms with Crippen LogP contribution in [0, 0.1) is 45.3 Å². The van der Waals surface area contributed by atoms with E-state index in [0.29, 0.717) is 40.9 Å². The summed E-state index contributed by atoms with van der Waals surface area (Å²) < 4.78 is 5.70. The Bertz CT molecular complexity index is 962. The molecule has 4 aliphatic carbocycles. The van der Waals surface area contributed by atoms with Crippen molar-refractivity contribution in [2.24, 2.45) is 45.3 Å². The highest BCUT2D eigenvalue weighted by Crippen LogP contribution is 2.65. The van der Waals surface area contributed by atoms with Crippen molar-refractivity contribution >= 4 is 5.97 Å². The molecule has 5 rings (SSSR count). The lowest BCUT2D eigenvalue weighted by Gasteiger charge is -2.61. The Morgan fingerprint density at radius 1 is 0.850 bits per heavy atom. The predicted molar refractivity (Wildman–Crippen MR) is 164 cm³/mol. The van der Waals surface area contributed by atoms with E-state index in [9.17, 15) is 15.0 Å². The lowest BCUT2D eigenvalue weighted by Crippen LogP contribution is -2.57. The van der Waals surface area contributed by atoms with Crippen LogP contribution in [0.3, 0.4) is 0 Å². The van der Waals surface area contributed by atoms with Crippen LogP contribution in [-0.2, 0) is 9.53 Å². The van der Waals surface area contributed by atoms with E-state index in [1.807, 2.05) is 13.8 Å². The summed E-state index contributed by atoms with van der Waals surface area (Å²) >= 11 is 0. The maximum Gasteiger partial charge on any atom is 0.306 e. The molecule has 0 unspecified atom stereocenters. The van der Waals surface area contributed by atoms with Crippen molar-refractivity contribution < 1.29 is 19.7 Å². The van der Waals surface area contributed by atoms with Crippen LogP contribution in [0.15, 0.2) is 12.7 Å². The zero-order valence-electron chi connectivity index (χ0n) is 27.5. The van der Waals surface area contributed by atoms with E-state index in [4.69, 9.17) is 4.74 Å². The van der Waals surface area contributed by atoms with Crippen molar-refractivity contribution in [3.8, 4) is 0 Å². The minimum atomic E-state index is -0.830. The second-order valence-electron chi connectivity index (χ2n) is 17.4. The van der Waals surface area contributed by atoms with Crippen LogP contribution >= 0.6 is 0 Å². The zero-order valence-corrected chi connectivity index (χ0v) is 27.5. The number of ether oxygens (including phenoxy) is 1. The summed E-state index contributed by atoms with van der Waals surface area (Å²) in [7, 11) is 0. The van der Waals surface area contributed by atoms with Crippen molar-refractivity contribution in [3.05, 3.63) is 12.7 Å². The molecule has 1 saturated heterocycles. The number of fused-ring (bicyclic) bond motifs is 4. The minimum Gasteiger partial charge on any atom is -0.459 e. The van der Waals surface area contributed by atoms with Crippen molar-refractivity contribution in [3.63, 3.8) is 0 Å². The highest BCUT2D eigenvalue weighted by atomic mass is 16.6. The molecule has 5 fully saturated rings. The summed E-state index contributed by atoms with van der Waals surface area (Å²) in [5.74, 6) is 2.16. The van der Waals surface area contributed by atoms with Crippen LogP contribution in [-0.4, -0.2) is 33.0 Å². The average molecular weight is 559 g/mol. The Morgan fingerprint density at radius 3 is 1.95 bits per heavy atom. The molecule has 1 heterocycles. The molecule has 4 saturated carbocycles. The first-order valence-corrected chi connectivity index (χ1v) is 16.5. The molecule has 230 valence electrons. The van der Waals surface area contributed by atoms with Gasteiger partial charge in [-0.15, -0.1) is 6.58 Å². The largest absolute Gasteiger partial charge is 0.459 e. The van der Waals surface area contributed by atoms with E-state index in [-0.39, 0.29) is 22.9 Å². The van der Waals surface area contributed by atoms with Crippen molar-refractivity contribution in [1.29, 1.82) is 0 Å². The standard InChI is InChI=1S/C20H36O2.C16H26O2/c1-7-18(4,21)13-9-16-19(5)12-8-11-17(2,3)15(19)10-14-20(16,6)22;1-14(2)7-5-8-15(3)11(14)6-9-16(4)12(15)10-13(17)18-16/h7,15-16,21-22H,1,8-14H2,2-6H3;11-12H,5-10H2,1-4H3/t15-,16+,18-,19-,20+;11-,12+,15-,16+/m00/s1. The zero-order chi connectivity index (χ0) is 30.0. The van der Waals surface area contributed by atoms with Gasteiger partial charge in [0.25, 0.3) is 0 Å². The SMILES string of the molecule is C=C[C@](C)(O)CC[C@@H]1[C@@]2(C)CCCC(C)(C)[C@@H]2CC[C@@]1(C)O.CC1(C)CCC[C@]2(C)[C@H]3CC(=O)O[C@]3(C)CC[C@@H]12. The Hall–Kier alpha value is -0.870. The Morgan fingerprint density at radius 2 is 1.38 bits per heavy atom. The smallest absolute Gasteiger partial charge is 0.306 e. The molecule has 0 bridgehead atoms. The van der Waals surface area contributed by atoms with E-state index in [2.05, 4.69) is 55.0 Å². The summed E-state index contributed by atoms with van der Waals surface area (Å²) in [6.07, 6.45) is 15.8. The lowest BCUT2D eigenvalue weighted by molar-refractivity contribution is -0.171. The second kappa shape index (κ2) is 10.4. The molecule has 0 aromatic heterocycles. The molecule has 0 spiro atoms. The molecular formula is C36H62O4. The van der Waals surface area contributed by atoms with Crippen LogP contribution < -0.4 is 0 Å². The summed E-state index contributed by atoms with van der Waals surface area (Å²) in [4.78, 5) is 11.8. The molecule has 0 aromatic carbocycles. The van der Waals surface area contributed by atoms with E-state index in [1.165, 1.54) is 44.9 Å². The quantitative estimate of drug-likeness (QED) is 0.268. The number of aliphatic hydroxyl groups is 2. The fourth-order valence-corrected chi connectivity index (χ4v) is 11.4. The fourth-order valence-electron chi connectivity index (χ4n) is 11.4. The first kappa shape index (κ1) is 32.1. The van der Waals surface area contributed by atoms with Gasteiger partial charge in [-0.3, -0.25) is 4.79 Å². The van der Waals surface area contributed by atoms with Gasteiger partial charge in [0, 0.05) is 5.92 Å². The summed E-state index contributed by atoms with van der Waals surface area (Å²) in [5, 5.41) is 21.4. The third-order valence-corrected chi connectivity index (χ3v) is 13.6. The normalized spacial score (nSPS) is 46.8. The summed E-state index contributed by atoms with van der Waals surface area (Å²) in [6, 6.07) is 0. The first-order chi connectivity index (χ1) is 18.2.